The molecule has 2 heterocycles. The van der Waals surface area contributed by atoms with Crippen LogP contribution in [0.4, 0.5) is 5.69 Å². The van der Waals surface area contributed by atoms with E-state index in [2.05, 4.69) is 10.3 Å². The van der Waals surface area contributed by atoms with Crippen molar-refractivity contribution in [2.75, 3.05) is 5.32 Å². The first-order valence-electron chi connectivity index (χ1n) is 9.90. The lowest BCUT2D eigenvalue weighted by Gasteiger charge is -2.21. The van der Waals surface area contributed by atoms with Crippen LogP contribution in [0.5, 0.6) is 0 Å². The average Bonchev–Trinajstić information content (AvgIpc) is 2.78. The zero-order valence-corrected chi connectivity index (χ0v) is 18.7. The number of rotatable bonds is 5. The van der Waals surface area contributed by atoms with E-state index in [4.69, 9.17) is 23.2 Å². The second-order valence-corrected chi connectivity index (χ2v) is 8.05. The van der Waals surface area contributed by atoms with Crippen molar-refractivity contribution in [3.8, 4) is 11.3 Å². The highest BCUT2D eigenvalue weighted by Crippen LogP contribution is 2.31. The third kappa shape index (κ3) is 4.44. The van der Waals surface area contributed by atoms with E-state index >= 15 is 0 Å². The van der Waals surface area contributed by atoms with E-state index < -0.39 is 11.3 Å². The molecule has 0 bridgehead atoms. The van der Waals surface area contributed by atoms with Crippen molar-refractivity contribution >= 4 is 34.8 Å². The minimum absolute atomic E-state index is 0.00694. The molecule has 0 fully saturated rings. The smallest absolute Gasteiger partial charge is 0.261 e. The van der Waals surface area contributed by atoms with Crippen molar-refractivity contribution < 1.29 is 4.79 Å². The molecule has 160 valence electrons. The highest BCUT2D eigenvalue weighted by Gasteiger charge is 2.24. The average molecular weight is 464 g/mol. The largest absolute Gasteiger partial charge is 0.339 e. The molecule has 0 unspecified atom stereocenters. The lowest BCUT2D eigenvalue weighted by Crippen LogP contribution is -2.27. The van der Waals surface area contributed by atoms with Gasteiger partial charge in [-0.05, 0) is 36.8 Å². The second kappa shape index (κ2) is 9.39. The third-order valence-corrected chi connectivity index (χ3v) is 5.72. The summed E-state index contributed by atoms with van der Waals surface area (Å²) in [6, 6.07) is 19.2. The van der Waals surface area contributed by atoms with Gasteiger partial charge in [-0.2, -0.15) is 0 Å². The van der Waals surface area contributed by atoms with Gasteiger partial charge in [-0.15, -0.1) is 0 Å². The van der Waals surface area contributed by atoms with Crippen molar-refractivity contribution in [3.05, 3.63) is 116 Å². The number of carbonyl (C=O) groups excluding carboxylic acids is 1. The number of halogens is 2. The van der Waals surface area contributed by atoms with Gasteiger partial charge in [0.05, 0.1) is 16.4 Å². The zero-order chi connectivity index (χ0) is 22.7. The van der Waals surface area contributed by atoms with Gasteiger partial charge >= 0.3 is 0 Å². The molecule has 5 nitrogen and oxygen atoms in total. The van der Waals surface area contributed by atoms with Gasteiger partial charge in [0.15, 0.2) is 5.43 Å². The molecule has 32 heavy (non-hydrogen) atoms. The Kier molecular flexibility index (Phi) is 6.40. The van der Waals surface area contributed by atoms with E-state index in [0.29, 0.717) is 39.2 Å². The molecule has 4 rings (SSSR count). The Morgan fingerprint density at radius 2 is 1.72 bits per heavy atom. The van der Waals surface area contributed by atoms with E-state index in [9.17, 15) is 9.59 Å². The SMILES string of the molecule is Cc1cc(=O)c(C(=O)Nc2ccccc2Cl)c(-c2ccccc2Cl)n1Cc1cccnc1. The quantitative estimate of drug-likeness (QED) is 0.405. The fraction of sp³-hybridized carbons (Fsp3) is 0.0800. The number of nitrogens with zero attached hydrogens (tertiary/aromatic N) is 2. The normalized spacial score (nSPS) is 10.7. The molecule has 0 saturated heterocycles. The summed E-state index contributed by atoms with van der Waals surface area (Å²) in [7, 11) is 0. The summed E-state index contributed by atoms with van der Waals surface area (Å²) in [5, 5.41) is 3.58. The van der Waals surface area contributed by atoms with Crippen LogP contribution in [0.15, 0.2) is 83.9 Å². The van der Waals surface area contributed by atoms with Crippen molar-refractivity contribution in [2.45, 2.75) is 13.5 Å². The van der Waals surface area contributed by atoms with Crippen LogP contribution >= 0.6 is 23.2 Å². The monoisotopic (exact) mass is 463 g/mol. The van der Waals surface area contributed by atoms with Gasteiger partial charge < -0.3 is 9.88 Å². The highest BCUT2D eigenvalue weighted by atomic mass is 35.5. The van der Waals surface area contributed by atoms with Crippen LogP contribution in [-0.2, 0) is 6.54 Å². The first-order valence-corrected chi connectivity index (χ1v) is 10.7. The van der Waals surface area contributed by atoms with E-state index in [1.807, 2.05) is 29.7 Å². The van der Waals surface area contributed by atoms with Crippen LogP contribution in [0.25, 0.3) is 11.3 Å². The number of benzene rings is 2. The number of para-hydroxylation sites is 1. The molecule has 0 aliphatic rings. The molecule has 0 spiro atoms. The zero-order valence-electron chi connectivity index (χ0n) is 17.2. The summed E-state index contributed by atoms with van der Waals surface area (Å²) in [6.45, 7) is 2.24. The van der Waals surface area contributed by atoms with Crippen LogP contribution < -0.4 is 10.7 Å². The second-order valence-electron chi connectivity index (χ2n) is 7.23. The Hall–Kier alpha value is -3.41. The van der Waals surface area contributed by atoms with Crippen LogP contribution in [0.2, 0.25) is 10.0 Å². The predicted molar refractivity (Wildman–Crippen MR) is 129 cm³/mol. The molecule has 2 aromatic heterocycles. The van der Waals surface area contributed by atoms with Gasteiger partial charge in [0, 0.05) is 41.3 Å². The number of amides is 1. The highest BCUT2D eigenvalue weighted by molar-refractivity contribution is 6.34. The number of hydrogen-bond donors (Lipinski definition) is 1. The van der Waals surface area contributed by atoms with Crippen molar-refractivity contribution in [2.24, 2.45) is 0 Å². The molecule has 0 aliphatic heterocycles. The van der Waals surface area contributed by atoms with Crippen molar-refractivity contribution in [1.82, 2.24) is 9.55 Å². The van der Waals surface area contributed by atoms with E-state index in [1.165, 1.54) is 6.07 Å². The summed E-state index contributed by atoms with van der Waals surface area (Å²) in [4.78, 5) is 30.7. The van der Waals surface area contributed by atoms with Gasteiger partial charge in [0.2, 0.25) is 0 Å². The number of carbonyl (C=O) groups is 1. The van der Waals surface area contributed by atoms with Crippen LogP contribution in [0, 0.1) is 6.92 Å². The molecule has 0 saturated carbocycles. The topological polar surface area (TPSA) is 64.0 Å². The molecule has 1 N–H and O–H groups in total. The van der Waals surface area contributed by atoms with Crippen molar-refractivity contribution in [3.63, 3.8) is 0 Å². The predicted octanol–water partition coefficient (Wildman–Crippen LogP) is 5.83. The summed E-state index contributed by atoms with van der Waals surface area (Å²) in [5.41, 5.74) is 2.66. The summed E-state index contributed by atoms with van der Waals surface area (Å²) >= 11 is 12.7. The standard InChI is InChI=1S/C25H19Cl2N3O2/c1-16-13-22(31)23(25(32)29-21-11-5-4-10-20(21)27)24(18-8-2-3-9-19(18)26)30(16)15-17-7-6-12-28-14-17/h2-14H,15H2,1H3,(H,29,32). The molecule has 2 aromatic carbocycles. The molecule has 0 radical (unpaired) electrons. The number of pyridine rings is 2. The van der Waals surface area contributed by atoms with E-state index in [-0.39, 0.29) is 5.56 Å². The van der Waals surface area contributed by atoms with Crippen molar-refractivity contribution in [1.29, 1.82) is 0 Å². The number of nitrogens with one attached hydrogen (secondary N) is 1. The first kappa shape index (κ1) is 21.8. The van der Waals surface area contributed by atoms with E-state index in [1.54, 1.807) is 54.9 Å². The number of aromatic nitrogens is 2. The lowest BCUT2D eigenvalue weighted by atomic mass is 10.0. The fourth-order valence-corrected chi connectivity index (χ4v) is 3.95. The fourth-order valence-electron chi connectivity index (χ4n) is 3.55. The first-order chi connectivity index (χ1) is 15.5. The summed E-state index contributed by atoms with van der Waals surface area (Å²) in [5.74, 6) is -0.557. The van der Waals surface area contributed by atoms with Gasteiger partial charge in [-0.25, -0.2) is 0 Å². The lowest BCUT2D eigenvalue weighted by molar-refractivity contribution is 0.102. The Balaban J connectivity index is 1.94. The maximum Gasteiger partial charge on any atom is 0.261 e. The van der Waals surface area contributed by atoms with Gasteiger partial charge in [-0.3, -0.25) is 14.6 Å². The molecule has 1 amide bonds. The van der Waals surface area contributed by atoms with Gasteiger partial charge in [0.1, 0.15) is 5.56 Å². The third-order valence-electron chi connectivity index (χ3n) is 5.06. The minimum Gasteiger partial charge on any atom is -0.339 e. The number of hydrogen-bond acceptors (Lipinski definition) is 3. The molecule has 7 heteroatoms. The molecule has 0 atom stereocenters. The summed E-state index contributed by atoms with van der Waals surface area (Å²) < 4.78 is 1.90. The maximum atomic E-state index is 13.4. The Labute approximate surface area is 195 Å². The summed E-state index contributed by atoms with van der Waals surface area (Å²) in [6.07, 6.45) is 3.44. The molecule has 4 aromatic rings. The molecule has 0 aliphatic carbocycles. The van der Waals surface area contributed by atoms with Gasteiger partial charge in [-0.1, -0.05) is 59.6 Å². The molecular formula is C25H19Cl2N3O2. The Morgan fingerprint density at radius 1 is 1.00 bits per heavy atom. The van der Waals surface area contributed by atoms with Crippen LogP contribution in [0.1, 0.15) is 21.6 Å². The molecular weight excluding hydrogens is 445 g/mol. The number of anilines is 1. The van der Waals surface area contributed by atoms with E-state index in [0.717, 1.165) is 5.56 Å². The van der Waals surface area contributed by atoms with Crippen LogP contribution in [-0.4, -0.2) is 15.5 Å². The maximum absolute atomic E-state index is 13.4. The Morgan fingerprint density at radius 3 is 2.41 bits per heavy atom. The Bertz CT molecular complexity index is 1350. The number of aryl methyl sites for hydroxylation is 1. The van der Waals surface area contributed by atoms with Gasteiger partial charge in [0.25, 0.3) is 5.91 Å². The minimum atomic E-state index is -0.557. The van der Waals surface area contributed by atoms with Crippen LogP contribution in [0.3, 0.4) is 0 Å².